The van der Waals surface area contributed by atoms with Gasteiger partial charge in [0.2, 0.25) is 0 Å². The number of aromatic nitrogens is 1. The lowest BCUT2D eigenvalue weighted by molar-refractivity contribution is 0.0601. The zero-order valence-corrected chi connectivity index (χ0v) is 16.1. The van der Waals surface area contributed by atoms with Gasteiger partial charge in [-0.3, -0.25) is 4.79 Å². The van der Waals surface area contributed by atoms with Crippen molar-refractivity contribution in [3.8, 4) is 0 Å². The summed E-state index contributed by atoms with van der Waals surface area (Å²) < 4.78 is 8.30. The quantitative estimate of drug-likeness (QED) is 0.603. The van der Waals surface area contributed by atoms with Gasteiger partial charge in [0.05, 0.1) is 28.5 Å². The number of halogens is 1. The standard InChI is InChI=1S/C18H15BrN2O3S/c1-3-21-14-9-8-11(17(23)24-2)10-15(14)25-18(21)20-16(22)12-6-4-5-7-13(12)19/h4-10H,3H2,1-2H3. The van der Waals surface area contributed by atoms with Gasteiger partial charge < -0.3 is 9.30 Å². The summed E-state index contributed by atoms with van der Waals surface area (Å²) in [6.45, 7) is 2.65. The van der Waals surface area contributed by atoms with Crippen molar-refractivity contribution in [1.29, 1.82) is 0 Å². The van der Waals surface area contributed by atoms with Crippen molar-refractivity contribution in [2.75, 3.05) is 7.11 Å². The van der Waals surface area contributed by atoms with Crippen molar-refractivity contribution in [2.45, 2.75) is 13.5 Å². The molecule has 0 N–H and O–H groups in total. The Hall–Kier alpha value is -2.25. The van der Waals surface area contributed by atoms with Crippen LogP contribution in [0.3, 0.4) is 0 Å². The first kappa shape index (κ1) is 17.6. The first-order valence-corrected chi connectivity index (χ1v) is 9.21. The third-order valence-corrected chi connectivity index (χ3v) is 5.45. The van der Waals surface area contributed by atoms with Crippen molar-refractivity contribution in [3.05, 3.63) is 62.9 Å². The summed E-state index contributed by atoms with van der Waals surface area (Å²) in [7, 11) is 1.35. The summed E-state index contributed by atoms with van der Waals surface area (Å²) in [6.07, 6.45) is 0. The molecule has 0 bridgehead atoms. The molecule has 2 aromatic carbocycles. The van der Waals surface area contributed by atoms with Gasteiger partial charge in [0.1, 0.15) is 0 Å². The number of carbonyl (C=O) groups excluding carboxylic acids is 2. The maximum absolute atomic E-state index is 12.5. The third kappa shape index (κ3) is 3.43. The molecule has 3 aromatic rings. The SMILES string of the molecule is CCn1c(=NC(=O)c2ccccc2Br)sc2cc(C(=O)OC)ccc21. The second kappa shape index (κ2) is 7.33. The Balaban J connectivity index is 2.14. The van der Waals surface area contributed by atoms with Crippen LogP contribution in [-0.2, 0) is 11.3 Å². The highest BCUT2D eigenvalue weighted by Crippen LogP contribution is 2.21. The second-order valence-corrected chi connectivity index (χ2v) is 7.06. The van der Waals surface area contributed by atoms with Gasteiger partial charge in [-0.15, -0.1) is 0 Å². The molecule has 0 atom stereocenters. The number of fused-ring (bicyclic) bond motifs is 1. The van der Waals surface area contributed by atoms with Crippen molar-refractivity contribution in [3.63, 3.8) is 0 Å². The fourth-order valence-corrected chi connectivity index (χ4v) is 4.08. The van der Waals surface area contributed by atoms with E-state index in [2.05, 4.69) is 20.9 Å². The van der Waals surface area contributed by atoms with E-state index in [1.54, 1.807) is 24.3 Å². The van der Waals surface area contributed by atoms with E-state index in [0.717, 1.165) is 10.2 Å². The number of benzene rings is 2. The van der Waals surface area contributed by atoms with Gasteiger partial charge in [-0.05, 0) is 53.2 Å². The predicted octanol–water partition coefficient (Wildman–Crippen LogP) is 4.01. The van der Waals surface area contributed by atoms with Gasteiger partial charge >= 0.3 is 5.97 Å². The first-order valence-electron chi connectivity index (χ1n) is 7.60. The number of hydrogen-bond donors (Lipinski definition) is 0. The first-order chi connectivity index (χ1) is 12.0. The molecule has 0 aliphatic carbocycles. The number of ether oxygens (including phenoxy) is 1. The highest BCUT2D eigenvalue weighted by atomic mass is 79.9. The molecular formula is C18H15BrN2O3S. The topological polar surface area (TPSA) is 60.7 Å². The molecule has 0 aliphatic heterocycles. The maximum atomic E-state index is 12.5. The van der Waals surface area contributed by atoms with E-state index >= 15 is 0 Å². The van der Waals surface area contributed by atoms with Gasteiger partial charge in [0.25, 0.3) is 5.91 Å². The second-order valence-electron chi connectivity index (χ2n) is 5.20. The van der Waals surface area contributed by atoms with Crippen LogP contribution >= 0.6 is 27.3 Å². The molecule has 25 heavy (non-hydrogen) atoms. The Kier molecular flexibility index (Phi) is 5.15. The molecule has 0 fully saturated rings. The number of hydrogen-bond acceptors (Lipinski definition) is 4. The Morgan fingerprint density at radius 3 is 2.68 bits per heavy atom. The number of thiazole rings is 1. The monoisotopic (exact) mass is 418 g/mol. The van der Waals surface area contributed by atoms with Crippen LogP contribution in [-0.4, -0.2) is 23.6 Å². The molecule has 3 rings (SSSR count). The van der Waals surface area contributed by atoms with E-state index in [9.17, 15) is 9.59 Å². The Bertz CT molecular complexity index is 1040. The lowest BCUT2D eigenvalue weighted by atomic mass is 10.2. The molecule has 1 heterocycles. The summed E-state index contributed by atoms with van der Waals surface area (Å²) in [4.78, 5) is 29.1. The molecule has 1 amide bonds. The van der Waals surface area contributed by atoms with Crippen LogP contribution in [0.5, 0.6) is 0 Å². The smallest absolute Gasteiger partial charge is 0.337 e. The van der Waals surface area contributed by atoms with E-state index in [0.29, 0.717) is 26.9 Å². The van der Waals surface area contributed by atoms with E-state index in [1.807, 2.05) is 29.7 Å². The Morgan fingerprint density at radius 1 is 1.24 bits per heavy atom. The maximum Gasteiger partial charge on any atom is 0.337 e. The average Bonchev–Trinajstić information content (AvgIpc) is 2.97. The van der Waals surface area contributed by atoms with E-state index in [4.69, 9.17) is 4.74 Å². The van der Waals surface area contributed by atoms with Crippen LogP contribution in [0.4, 0.5) is 0 Å². The number of aryl methyl sites for hydroxylation is 1. The van der Waals surface area contributed by atoms with Crippen LogP contribution in [0, 0.1) is 0 Å². The zero-order chi connectivity index (χ0) is 18.0. The Labute approximate surface area is 156 Å². The van der Waals surface area contributed by atoms with Crippen molar-refractivity contribution >= 4 is 49.4 Å². The molecule has 5 nitrogen and oxygen atoms in total. The van der Waals surface area contributed by atoms with Crippen molar-refractivity contribution in [2.24, 2.45) is 4.99 Å². The number of carbonyl (C=O) groups is 2. The largest absolute Gasteiger partial charge is 0.465 e. The normalized spacial score (nSPS) is 11.7. The van der Waals surface area contributed by atoms with Crippen LogP contribution in [0.25, 0.3) is 10.2 Å². The molecule has 0 unspecified atom stereocenters. The summed E-state index contributed by atoms with van der Waals surface area (Å²) in [6, 6.07) is 12.5. The molecular weight excluding hydrogens is 404 g/mol. The molecule has 0 spiro atoms. The van der Waals surface area contributed by atoms with Crippen LogP contribution in [0.2, 0.25) is 0 Å². The number of nitrogens with zero attached hydrogens (tertiary/aromatic N) is 2. The predicted molar refractivity (Wildman–Crippen MR) is 101 cm³/mol. The molecule has 0 saturated heterocycles. The van der Waals surface area contributed by atoms with E-state index < -0.39 is 0 Å². The van der Waals surface area contributed by atoms with Gasteiger partial charge in [0.15, 0.2) is 4.80 Å². The highest BCUT2D eigenvalue weighted by Gasteiger charge is 2.13. The van der Waals surface area contributed by atoms with E-state index in [1.165, 1.54) is 18.4 Å². The van der Waals surface area contributed by atoms with Crippen molar-refractivity contribution in [1.82, 2.24) is 4.57 Å². The highest BCUT2D eigenvalue weighted by molar-refractivity contribution is 9.10. The van der Waals surface area contributed by atoms with Crippen LogP contribution in [0.15, 0.2) is 51.9 Å². The van der Waals surface area contributed by atoms with Gasteiger partial charge in [-0.2, -0.15) is 4.99 Å². The van der Waals surface area contributed by atoms with Gasteiger partial charge in [-0.1, -0.05) is 23.5 Å². The van der Waals surface area contributed by atoms with Crippen LogP contribution < -0.4 is 4.80 Å². The number of rotatable bonds is 3. The lowest BCUT2D eigenvalue weighted by Gasteiger charge is -2.02. The van der Waals surface area contributed by atoms with Gasteiger partial charge in [-0.25, -0.2) is 4.79 Å². The summed E-state index contributed by atoms with van der Waals surface area (Å²) in [5, 5.41) is 0. The summed E-state index contributed by atoms with van der Waals surface area (Å²) in [5.41, 5.74) is 1.92. The fourth-order valence-electron chi connectivity index (χ4n) is 2.49. The minimum absolute atomic E-state index is 0.311. The van der Waals surface area contributed by atoms with Gasteiger partial charge in [0, 0.05) is 11.0 Å². The Morgan fingerprint density at radius 2 is 2.00 bits per heavy atom. The molecule has 128 valence electrons. The molecule has 7 heteroatoms. The molecule has 0 aliphatic rings. The molecule has 0 saturated carbocycles. The molecule has 0 radical (unpaired) electrons. The van der Waals surface area contributed by atoms with E-state index in [-0.39, 0.29) is 11.9 Å². The third-order valence-electron chi connectivity index (χ3n) is 3.72. The number of amides is 1. The summed E-state index contributed by atoms with van der Waals surface area (Å²) in [5.74, 6) is -0.699. The minimum Gasteiger partial charge on any atom is -0.465 e. The molecule has 1 aromatic heterocycles. The average molecular weight is 419 g/mol. The number of esters is 1. The fraction of sp³-hybridized carbons (Fsp3) is 0.167. The summed E-state index contributed by atoms with van der Waals surface area (Å²) >= 11 is 4.75. The minimum atomic E-state index is -0.388. The lowest BCUT2D eigenvalue weighted by Crippen LogP contribution is -2.16. The zero-order valence-electron chi connectivity index (χ0n) is 13.7. The van der Waals surface area contributed by atoms with Crippen molar-refractivity contribution < 1.29 is 14.3 Å². The van der Waals surface area contributed by atoms with Crippen LogP contribution in [0.1, 0.15) is 27.6 Å². The number of methoxy groups -OCH3 is 1.